The van der Waals surface area contributed by atoms with E-state index in [-0.39, 0.29) is 18.1 Å². The molecule has 0 aliphatic rings. The molecule has 1 aromatic rings. The van der Waals surface area contributed by atoms with Crippen molar-refractivity contribution in [3.8, 4) is 0 Å². The van der Waals surface area contributed by atoms with Gasteiger partial charge in [0, 0.05) is 19.7 Å². The number of carbonyl (C=O) groups excluding carboxylic acids is 1. The molecule has 0 saturated heterocycles. The van der Waals surface area contributed by atoms with E-state index in [0.717, 1.165) is 12.1 Å². The van der Waals surface area contributed by atoms with Crippen molar-refractivity contribution in [1.29, 1.82) is 0 Å². The lowest BCUT2D eigenvalue weighted by Crippen LogP contribution is -2.31. The monoisotopic (exact) mass is 304 g/mol. The number of hydrogen-bond acceptors (Lipinski definition) is 3. The van der Waals surface area contributed by atoms with Gasteiger partial charge in [-0.2, -0.15) is 0 Å². The molecule has 0 aliphatic carbocycles. The van der Waals surface area contributed by atoms with Crippen LogP contribution in [0.15, 0.2) is 42.5 Å². The molecule has 4 nitrogen and oxygen atoms in total. The van der Waals surface area contributed by atoms with E-state index < -0.39 is 0 Å². The molecule has 0 aromatic heterocycles. The largest absolute Gasteiger partial charge is 0.369 e. The van der Waals surface area contributed by atoms with Gasteiger partial charge in [-0.1, -0.05) is 36.4 Å². The van der Waals surface area contributed by atoms with Crippen LogP contribution in [0.3, 0.4) is 0 Å². The zero-order chi connectivity index (χ0) is 16.5. The second kappa shape index (κ2) is 9.38. The van der Waals surface area contributed by atoms with E-state index in [4.69, 9.17) is 4.74 Å². The molecule has 1 aromatic carbocycles. The molecule has 122 valence electrons. The van der Waals surface area contributed by atoms with Crippen LogP contribution in [0.2, 0.25) is 0 Å². The van der Waals surface area contributed by atoms with Crippen molar-refractivity contribution >= 4 is 5.91 Å². The first-order valence-electron chi connectivity index (χ1n) is 7.67. The number of likely N-dealkylation sites (N-methyl/N-ethyl adjacent to an activating group) is 2. The molecule has 1 unspecified atom stereocenters. The number of hydrogen-bond donors (Lipinski definition) is 0. The fourth-order valence-corrected chi connectivity index (χ4v) is 2.05. The molecule has 0 spiro atoms. The Bertz CT molecular complexity index is 469. The zero-order valence-corrected chi connectivity index (χ0v) is 14.3. The van der Waals surface area contributed by atoms with E-state index in [9.17, 15) is 4.79 Å². The number of rotatable bonds is 8. The summed E-state index contributed by atoms with van der Waals surface area (Å²) in [6.07, 6.45) is 3.49. The van der Waals surface area contributed by atoms with Gasteiger partial charge in [0.05, 0.1) is 12.6 Å². The summed E-state index contributed by atoms with van der Waals surface area (Å²) in [5, 5.41) is 0. The van der Waals surface area contributed by atoms with Gasteiger partial charge in [-0.3, -0.25) is 4.79 Å². The highest BCUT2D eigenvalue weighted by molar-refractivity contribution is 5.87. The summed E-state index contributed by atoms with van der Waals surface area (Å²) in [7, 11) is 5.75. The summed E-state index contributed by atoms with van der Waals surface area (Å²) in [5.74, 6) is -0.00450. The van der Waals surface area contributed by atoms with Gasteiger partial charge in [-0.25, -0.2) is 0 Å². The molecule has 0 heterocycles. The third kappa shape index (κ3) is 6.87. The third-order valence-corrected chi connectivity index (χ3v) is 3.15. The smallest absolute Gasteiger partial charge is 0.246 e. The van der Waals surface area contributed by atoms with Crippen LogP contribution >= 0.6 is 0 Å². The maximum atomic E-state index is 12.1. The molecule has 0 radical (unpaired) electrons. The third-order valence-electron chi connectivity index (χ3n) is 3.15. The van der Waals surface area contributed by atoms with Gasteiger partial charge in [-0.15, -0.1) is 0 Å². The van der Waals surface area contributed by atoms with Gasteiger partial charge in [0.2, 0.25) is 5.91 Å². The SMILES string of the molecule is CC(C)OC(CN(C)C(=O)/C=C/CN(C)C)c1ccccc1. The van der Waals surface area contributed by atoms with E-state index in [2.05, 4.69) is 0 Å². The Morgan fingerprint density at radius 3 is 2.36 bits per heavy atom. The van der Waals surface area contributed by atoms with E-state index in [1.54, 1.807) is 11.0 Å². The maximum Gasteiger partial charge on any atom is 0.246 e. The number of amides is 1. The van der Waals surface area contributed by atoms with Crippen LogP contribution in [-0.2, 0) is 9.53 Å². The average Bonchev–Trinajstić information content (AvgIpc) is 2.46. The summed E-state index contributed by atoms with van der Waals surface area (Å²) in [6.45, 7) is 5.31. The molecular weight excluding hydrogens is 276 g/mol. The number of nitrogens with zero attached hydrogens (tertiary/aromatic N) is 2. The minimum atomic E-state index is -0.114. The predicted molar refractivity (Wildman–Crippen MR) is 90.7 cm³/mol. The fraction of sp³-hybridized carbons (Fsp3) is 0.500. The minimum absolute atomic E-state index is 0.00450. The molecule has 22 heavy (non-hydrogen) atoms. The summed E-state index contributed by atoms with van der Waals surface area (Å²) in [5.41, 5.74) is 1.09. The maximum absolute atomic E-state index is 12.1. The molecule has 1 atom stereocenters. The van der Waals surface area contributed by atoms with Crippen molar-refractivity contribution in [2.75, 3.05) is 34.2 Å². The van der Waals surface area contributed by atoms with Gasteiger partial charge in [0.15, 0.2) is 0 Å². The van der Waals surface area contributed by atoms with Crippen molar-refractivity contribution in [1.82, 2.24) is 9.80 Å². The lowest BCUT2D eigenvalue weighted by atomic mass is 10.1. The highest BCUT2D eigenvalue weighted by Crippen LogP contribution is 2.20. The molecule has 0 N–H and O–H groups in total. The highest BCUT2D eigenvalue weighted by Gasteiger charge is 2.18. The van der Waals surface area contributed by atoms with Crippen molar-refractivity contribution < 1.29 is 9.53 Å². The van der Waals surface area contributed by atoms with Gasteiger partial charge in [0.25, 0.3) is 0 Å². The zero-order valence-electron chi connectivity index (χ0n) is 14.3. The highest BCUT2D eigenvalue weighted by atomic mass is 16.5. The summed E-state index contributed by atoms with van der Waals surface area (Å²) in [6, 6.07) is 10.0. The van der Waals surface area contributed by atoms with Gasteiger partial charge in [-0.05, 0) is 33.5 Å². The Morgan fingerprint density at radius 1 is 1.18 bits per heavy atom. The standard InChI is InChI=1S/C18H28N2O2/c1-15(2)22-17(16-10-7-6-8-11-16)14-20(5)18(21)12-9-13-19(3)4/h6-12,15,17H,13-14H2,1-5H3/b12-9+. The summed E-state index contributed by atoms with van der Waals surface area (Å²) < 4.78 is 5.97. The van der Waals surface area contributed by atoms with E-state index in [0.29, 0.717) is 6.54 Å². The first kappa shape index (κ1) is 18.4. The Labute approximate surface area is 134 Å². The van der Waals surface area contributed by atoms with Gasteiger partial charge < -0.3 is 14.5 Å². The van der Waals surface area contributed by atoms with Crippen molar-refractivity contribution in [3.05, 3.63) is 48.0 Å². The van der Waals surface area contributed by atoms with Gasteiger partial charge in [0.1, 0.15) is 6.10 Å². The number of benzene rings is 1. The molecular formula is C18H28N2O2. The quantitative estimate of drug-likeness (QED) is 0.692. The van der Waals surface area contributed by atoms with Crippen LogP contribution in [0.25, 0.3) is 0 Å². The Kier molecular flexibility index (Phi) is 7.85. The van der Waals surface area contributed by atoms with Crippen molar-refractivity contribution in [2.24, 2.45) is 0 Å². The molecule has 1 amide bonds. The second-order valence-electron chi connectivity index (χ2n) is 5.97. The minimum Gasteiger partial charge on any atom is -0.369 e. The summed E-state index contributed by atoms with van der Waals surface area (Å²) in [4.78, 5) is 15.9. The fourth-order valence-electron chi connectivity index (χ4n) is 2.05. The van der Waals surface area contributed by atoms with Crippen molar-refractivity contribution in [3.63, 3.8) is 0 Å². The van der Waals surface area contributed by atoms with Crippen molar-refractivity contribution in [2.45, 2.75) is 26.1 Å². The molecule has 0 aliphatic heterocycles. The first-order chi connectivity index (χ1) is 10.4. The molecule has 4 heteroatoms. The first-order valence-corrected chi connectivity index (χ1v) is 7.67. The van der Waals surface area contributed by atoms with Crippen LogP contribution in [-0.4, -0.2) is 56.0 Å². The topological polar surface area (TPSA) is 32.8 Å². The Hall–Kier alpha value is -1.65. The van der Waals surface area contributed by atoms with E-state index in [1.165, 1.54) is 0 Å². The van der Waals surface area contributed by atoms with Crippen LogP contribution in [0.4, 0.5) is 0 Å². The number of ether oxygens (including phenoxy) is 1. The lowest BCUT2D eigenvalue weighted by Gasteiger charge is -2.26. The van der Waals surface area contributed by atoms with Crippen LogP contribution < -0.4 is 0 Å². The van der Waals surface area contributed by atoms with E-state index >= 15 is 0 Å². The average molecular weight is 304 g/mol. The lowest BCUT2D eigenvalue weighted by molar-refractivity contribution is -0.127. The van der Waals surface area contributed by atoms with Gasteiger partial charge >= 0.3 is 0 Å². The predicted octanol–water partition coefficient (Wildman–Crippen LogP) is 2.73. The van der Waals surface area contributed by atoms with E-state index in [1.807, 2.05) is 76.3 Å². The normalized spacial score (nSPS) is 13.0. The Balaban J connectivity index is 2.69. The van der Waals surface area contributed by atoms with Crippen LogP contribution in [0.1, 0.15) is 25.5 Å². The molecule has 0 bridgehead atoms. The Morgan fingerprint density at radius 2 is 1.82 bits per heavy atom. The van der Waals surface area contributed by atoms with Crippen LogP contribution in [0, 0.1) is 0 Å². The summed E-state index contributed by atoms with van der Waals surface area (Å²) >= 11 is 0. The number of carbonyl (C=O) groups is 1. The second-order valence-corrected chi connectivity index (χ2v) is 5.97. The van der Waals surface area contributed by atoms with Crippen LogP contribution in [0.5, 0.6) is 0 Å². The molecule has 1 rings (SSSR count). The molecule has 0 fully saturated rings. The molecule has 0 saturated carbocycles.